The van der Waals surface area contributed by atoms with Crippen LogP contribution in [0.15, 0.2) is 54.6 Å². The van der Waals surface area contributed by atoms with Crippen LogP contribution < -0.4 is 27.2 Å². The zero-order valence-corrected chi connectivity index (χ0v) is 12.3. The second kappa shape index (κ2) is 9.23. The Morgan fingerprint density at radius 1 is 0.850 bits per heavy atom. The van der Waals surface area contributed by atoms with Crippen molar-refractivity contribution in [3.05, 3.63) is 60.2 Å². The molecule has 0 saturated carbocycles. The van der Waals surface area contributed by atoms with Gasteiger partial charge in [0.1, 0.15) is 24.7 Å². The molecule has 0 bridgehead atoms. The highest BCUT2D eigenvalue weighted by molar-refractivity contribution is 5.31. The van der Waals surface area contributed by atoms with Crippen molar-refractivity contribution in [1.82, 2.24) is 5.32 Å². The minimum atomic E-state index is 0. The van der Waals surface area contributed by atoms with Crippen molar-refractivity contribution in [2.45, 2.75) is 6.61 Å². The van der Waals surface area contributed by atoms with E-state index < -0.39 is 0 Å². The fourth-order valence-corrected chi connectivity index (χ4v) is 1.64. The topological polar surface area (TPSA) is 30.5 Å². The van der Waals surface area contributed by atoms with Crippen LogP contribution in [0.5, 0.6) is 11.5 Å². The second-order valence-electron chi connectivity index (χ2n) is 4.20. The normalized spacial score (nSPS) is 9.65. The van der Waals surface area contributed by atoms with E-state index in [9.17, 15) is 0 Å². The van der Waals surface area contributed by atoms with E-state index in [1.54, 1.807) is 0 Å². The summed E-state index contributed by atoms with van der Waals surface area (Å²) in [5.74, 6) is 1.71. The number of hydrogen-bond donors (Lipinski definition) is 1. The van der Waals surface area contributed by atoms with Crippen LogP contribution in [-0.2, 0) is 6.61 Å². The third-order valence-electron chi connectivity index (χ3n) is 2.69. The van der Waals surface area contributed by atoms with Crippen molar-refractivity contribution in [3.63, 3.8) is 0 Å². The Hall–Kier alpha value is -1.71. The Bertz CT molecular complexity index is 474. The molecule has 0 unspecified atom stereocenters. The molecule has 3 nitrogen and oxygen atoms in total. The Morgan fingerprint density at radius 2 is 1.45 bits per heavy atom. The summed E-state index contributed by atoms with van der Waals surface area (Å²) in [4.78, 5) is 0. The molecule has 0 amide bonds. The van der Waals surface area contributed by atoms with E-state index in [1.165, 1.54) is 0 Å². The van der Waals surface area contributed by atoms with E-state index in [0.717, 1.165) is 23.6 Å². The molecule has 0 saturated heterocycles. The summed E-state index contributed by atoms with van der Waals surface area (Å²) in [7, 11) is 1.91. The summed E-state index contributed by atoms with van der Waals surface area (Å²) >= 11 is 0. The van der Waals surface area contributed by atoms with Crippen molar-refractivity contribution >= 4 is 0 Å². The highest BCUT2D eigenvalue weighted by atomic mass is 35.5. The quantitative estimate of drug-likeness (QED) is 0.721. The number of halogens is 1. The molecule has 0 radical (unpaired) electrons. The number of nitrogens with one attached hydrogen (secondary N) is 1. The lowest BCUT2D eigenvalue weighted by Crippen LogP contribution is -3.00. The Balaban J connectivity index is 0.00000200. The maximum Gasteiger partial charge on any atom is 0.120 e. The van der Waals surface area contributed by atoms with Gasteiger partial charge in [0, 0.05) is 6.54 Å². The van der Waals surface area contributed by atoms with Gasteiger partial charge >= 0.3 is 0 Å². The highest BCUT2D eigenvalue weighted by Gasteiger charge is 1.97. The van der Waals surface area contributed by atoms with E-state index in [2.05, 4.69) is 17.4 Å². The van der Waals surface area contributed by atoms with Crippen molar-refractivity contribution in [1.29, 1.82) is 0 Å². The molecule has 0 aromatic heterocycles. The molecule has 2 aromatic carbocycles. The van der Waals surface area contributed by atoms with E-state index in [1.807, 2.05) is 49.5 Å². The molecule has 0 heterocycles. The van der Waals surface area contributed by atoms with Crippen LogP contribution in [-0.4, -0.2) is 20.2 Å². The first-order valence-electron chi connectivity index (χ1n) is 6.42. The van der Waals surface area contributed by atoms with Gasteiger partial charge in [-0.05, 0) is 36.9 Å². The van der Waals surface area contributed by atoms with Gasteiger partial charge in [-0.15, -0.1) is 0 Å². The Labute approximate surface area is 126 Å². The van der Waals surface area contributed by atoms with Gasteiger partial charge < -0.3 is 27.2 Å². The van der Waals surface area contributed by atoms with Gasteiger partial charge in [-0.1, -0.05) is 30.3 Å². The first-order valence-corrected chi connectivity index (χ1v) is 6.42. The van der Waals surface area contributed by atoms with Crippen molar-refractivity contribution < 1.29 is 21.9 Å². The third kappa shape index (κ3) is 5.51. The minimum absolute atomic E-state index is 0. The Morgan fingerprint density at radius 3 is 2.05 bits per heavy atom. The average molecular weight is 293 g/mol. The molecule has 4 heteroatoms. The summed E-state index contributed by atoms with van der Waals surface area (Å²) in [6.45, 7) is 2.09. The van der Waals surface area contributed by atoms with E-state index in [0.29, 0.717) is 13.2 Å². The molecule has 2 rings (SSSR count). The van der Waals surface area contributed by atoms with Gasteiger partial charge in [-0.25, -0.2) is 0 Å². The van der Waals surface area contributed by atoms with Crippen LogP contribution in [0.25, 0.3) is 0 Å². The number of hydrogen-bond acceptors (Lipinski definition) is 3. The molecule has 0 aliphatic rings. The zero-order valence-electron chi connectivity index (χ0n) is 11.5. The smallest absolute Gasteiger partial charge is 0.120 e. The van der Waals surface area contributed by atoms with Crippen molar-refractivity contribution in [2.24, 2.45) is 0 Å². The fourth-order valence-electron chi connectivity index (χ4n) is 1.64. The summed E-state index contributed by atoms with van der Waals surface area (Å²) in [6.07, 6.45) is 0. The first kappa shape index (κ1) is 16.3. The number of ether oxygens (including phenoxy) is 2. The molecule has 20 heavy (non-hydrogen) atoms. The van der Waals surface area contributed by atoms with Crippen LogP contribution in [0.1, 0.15) is 5.56 Å². The molecule has 108 valence electrons. The minimum Gasteiger partial charge on any atom is -1.00 e. The molecular formula is C16H19ClNO2-. The fraction of sp³-hybridized carbons (Fsp3) is 0.250. The molecule has 1 N–H and O–H groups in total. The SMILES string of the molecule is CNCCOc1ccc(OCc2ccccc2)cc1.[Cl-]. The largest absolute Gasteiger partial charge is 1.00 e. The maximum absolute atomic E-state index is 5.70. The summed E-state index contributed by atoms with van der Waals surface area (Å²) < 4.78 is 11.3. The zero-order chi connectivity index (χ0) is 13.3. The van der Waals surface area contributed by atoms with Gasteiger partial charge in [0.05, 0.1) is 0 Å². The second-order valence-corrected chi connectivity index (χ2v) is 4.20. The monoisotopic (exact) mass is 292 g/mol. The molecule has 2 aromatic rings. The predicted octanol–water partition coefficient (Wildman–Crippen LogP) is -0.132. The van der Waals surface area contributed by atoms with Crippen LogP contribution >= 0.6 is 0 Å². The molecular weight excluding hydrogens is 274 g/mol. The lowest BCUT2D eigenvalue weighted by molar-refractivity contribution is -0.00000470. The van der Waals surface area contributed by atoms with E-state index in [-0.39, 0.29) is 12.4 Å². The summed E-state index contributed by atoms with van der Waals surface area (Å²) in [5.41, 5.74) is 1.16. The predicted molar refractivity (Wildman–Crippen MR) is 76.6 cm³/mol. The highest BCUT2D eigenvalue weighted by Crippen LogP contribution is 2.18. The number of likely N-dealkylation sites (N-methyl/N-ethyl adjacent to an activating group) is 1. The lowest BCUT2D eigenvalue weighted by atomic mass is 10.2. The Kier molecular flexibility index (Phi) is 7.55. The molecule has 0 spiro atoms. The third-order valence-corrected chi connectivity index (χ3v) is 2.69. The molecule has 0 aliphatic carbocycles. The van der Waals surface area contributed by atoms with Crippen LogP contribution in [0.2, 0.25) is 0 Å². The van der Waals surface area contributed by atoms with Crippen LogP contribution in [0.3, 0.4) is 0 Å². The van der Waals surface area contributed by atoms with Crippen LogP contribution in [0, 0.1) is 0 Å². The van der Waals surface area contributed by atoms with Crippen molar-refractivity contribution in [2.75, 3.05) is 20.2 Å². The van der Waals surface area contributed by atoms with Gasteiger partial charge in [0.15, 0.2) is 0 Å². The summed E-state index contributed by atoms with van der Waals surface area (Å²) in [6, 6.07) is 17.8. The average Bonchev–Trinajstić information content (AvgIpc) is 2.48. The summed E-state index contributed by atoms with van der Waals surface area (Å²) in [5, 5.41) is 3.04. The van der Waals surface area contributed by atoms with E-state index in [4.69, 9.17) is 9.47 Å². The van der Waals surface area contributed by atoms with Gasteiger partial charge in [0.2, 0.25) is 0 Å². The van der Waals surface area contributed by atoms with Crippen molar-refractivity contribution in [3.8, 4) is 11.5 Å². The van der Waals surface area contributed by atoms with Crippen LogP contribution in [0.4, 0.5) is 0 Å². The van der Waals surface area contributed by atoms with Gasteiger partial charge in [-0.3, -0.25) is 0 Å². The van der Waals surface area contributed by atoms with E-state index >= 15 is 0 Å². The molecule has 0 atom stereocenters. The first-order chi connectivity index (χ1) is 9.38. The molecule has 0 aliphatic heterocycles. The van der Waals surface area contributed by atoms with Gasteiger partial charge in [-0.2, -0.15) is 0 Å². The van der Waals surface area contributed by atoms with Gasteiger partial charge in [0.25, 0.3) is 0 Å². The maximum atomic E-state index is 5.70. The number of rotatable bonds is 7. The number of benzene rings is 2. The molecule has 0 fully saturated rings. The standard InChI is InChI=1S/C16H19NO2.ClH/c1-17-11-12-18-15-7-9-16(10-8-15)19-13-14-5-3-2-4-6-14;/h2-10,17H,11-13H2,1H3;1H/p-1. The lowest BCUT2D eigenvalue weighted by Gasteiger charge is -2.08.